The van der Waals surface area contributed by atoms with Crippen molar-refractivity contribution < 1.29 is 14.0 Å². The summed E-state index contributed by atoms with van der Waals surface area (Å²) in [4.78, 5) is 25.3. The Morgan fingerprint density at radius 1 is 1.26 bits per heavy atom. The number of carbonyl (C=O) groups excluding carboxylic acids is 2. The van der Waals surface area contributed by atoms with Gasteiger partial charge >= 0.3 is 0 Å². The van der Waals surface area contributed by atoms with Gasteiger partial charge in [-0.25, -0.2) is 0 Å². The lowest BCUT2D eigenvalue weighted by Crippen LogP contribution is -2.40. The molecule has 1 aromatic carbocycles. The molecule has 3 N–H and O–H groups in total. The van der Waals surface area contributed by atoms with Gasteiger partial charge in [-0.3, -0.25) is 9.59 Å². The lowest BCUT2D eigenvalue weighted by molar-refractivity contribution is -0.121. The summed E-state index contributed by atoms with van der Waals surface area (Å²) >= 11 is 3.13. The van der Waals surface area contributed by atoms with Crippen LogP contribution in [0, 0.1) is 0 Å². The summed E-state index contributed by atoms with van der Waals surface area (Å²) in [6, 6.07) is 12.4. The van der Waals surface area contributed by atoms with E-state index in [0.29, 0.717) is 11.2 Å². The monoisotopic (exact) mass is 379 g/mol. The van der Waals surface area contributed by atoms with Gasteiger partial charge in [-0.15, -0.1) is 0 Å². The van der Waals surface area contributed by atoms with E-state index in [1.807, 2.05) is 30.3 Å². The number of hydrogen-bond acceptors (Lipinski definition) is 4. The van der Waals surface area contributed by atoms with Crippen molar-refractivity contribution in [1.82, 2.24) is 10.2 Å². The van der Waals surface area contributed by atoms with Gasteiger partial charge in [0.2, 0.25) is 5.91 Å². The first-order valence-corrected chi connectivity index (χ1v) is 7.84. The summed E-state index contributed by atoms with van der Waals surface area (Å²) in [6.45, 7) is 0.232. The Labute approximate surface area is 142 Å². The first-order chi connectivity index (χ1) is 11.0. The standard InChI is InChI=1S/C16H18BrN3O3/c1-20(16(22)13-7-8-14(17)23-13)10-15(21)19-9-12(18)11-5-3-2-4-6-11/h2-8,12H,9-10,18H2,1H3,(H,19,21). The molecule has 0 aliphatic rings. The van der Waals surface area contributed by atoms with Gasteiger partial charge in [0.1, 0.15) is 0 Å². The fraction of sp³-hybridized carbons (Fsp3) is 0.250. The molecule has 0 spiro atoms. The number of nitrogens with one attached hydrogen (secondary N) is 1. The maximum atomic E-state index is 12.1. The Hall–Kier alpha value is -2.12. The highest BCUT2D eigenvalue weighted by Crippen LogP contribution is 2.15. The molecular weight excluding hydrogens is 362 g/mol. The molecule has 122 valence electrons. The van der Waals surface area contributed by atoms with Crippen LogP contribution >= 0.6 is 15.9 Å². The predicted octanol–water partition coefficient (Wildman–Crippen LogP) is 1.93. The fourth-order valence-corrected chi connectivity index (χ4v) is 2.31. The Kier molecular flexibility index (Phi) is 5.95. The molecule has 0 bridgehead atoms. The summed E-state index contributed by atoms with van der Waals surface area (Å²) < 4.78 is 5.64. The van der Waals surface area contributed by atoms with E-state index < -0.39 is 0 Å². The van der Waals surface area contributed by atoms with Crippen LogP contribution in [0.4, 0.5) is 0 Å². The lowest BCUT2D eigenvalue weighted by atomic mass is 10.1. The summed E-state index contributed by atoms with van der Waals surface area (Å²) in [6.07, 6.45) is 0. The van der Waals surface area contributed by atoms with Gasteiger partial charge in [0.25, 0.3) is 5.91 Å². The van der Waals surface area contributed by atoms with Crippen LogP contribution in [0.1, 0.15) is 22.2 Å². The number of nitrogens with zero attached hydrogens (tertiary/aromatic N) is 1. The van der Waals surface area contributed by atoms with Crippen molar-refractivity contribution in [3.8, 4) is 0 Å². The molecule has 2 amide bonds. The zero-order valence-corrected chi connectivity index (χ0v) is 14.2. The molecule has 0 aliphatic heterocycles. The van der Waals surface area contributed by atoms with Gasteiger partial charge in [-0.1, -0.05) is 30.3 Å². The molecule has 1 heterocycles. The molecule has 0 saturated heterocycles. The van der Waals surface area contributed by atoms with Crippen molar-refractivity contribution in [1.29, 1.82) is 0 Å². The van der Waals surface area contributed by atoms with Crippen LogP contribution in [-0.4, -0.2) is 36.9 Å². The second-order valence-corrected chi connectivity index (χ2v) is 5.87. The molecule has 1 unspecified atom stereocenters. The van der Waals surface area contributed by atoms with E-state index >= 15 is 0 Å². The summed E-state index contributed by atoms with van der Waals surface area (Å²) in [5.41, 5.74) is 6.95. The first kappa shape index (κ1) is 17.2. The van der Waals surface area contributed by atoms with Gasteiger partial charge in [0.05, 0.1) is 6.54 Å². The minimum absolute atomic E-state index is 0.0708. The molecular formula is C16H18BrN3O3. The van der Waals surface area contributed by atoms with Gasteiger partial charge in [0, 0.05) is 19.6 Å². The minimum atomic E-state index is -0.363. The van der Waals surface area contributed by atoms with Crippen LogP contribution < -0.4 is 11.1 Å². The van der Waals surface area contributed by atoms with E-state index in [9.17, 15) is 9.59 Å². The maximum absolute atomic E-state index is 12.1. The molecule has 6 nitrogen and oxygen atoms in total. The van der Waals surface area contributed by atoms with E-state index in [1.54, 1.807) is 12.1 Å². The highest BCUT2D eigenvalue weighted by Gasteiger charge is 2.18. The number of rotatable bonds is 6. The third-order valence-corrected chi connectivity index (χ3v) is 3.68. The van der Waals surface area contributed by atoms with Crippen LogP contribution in [0.25, 0.3) is 0 Å². The van der Waals surface area contributed by atoms with E-state index in [1.165, 1.54) is 11.9 Å². The predicted molar refractivity (Wildman–Crippen MR) is 89.7 cm³/mol. The van der Waals surface area contributed by atoms with E-state index in [2.05, 4.69) is 21.2 Å². The van der Waals surface area contributed by atoms with Crippen molar-refractivity contribution in [3.63, 3.8) is 0 Å². The molecule has 1 aromatic heterocycles. The SMILES string of the molecule is CN(CC(=O)NCC(N)c1ccccc1)C(=O)c1ccc(Br)o1. The summed E-state index contributed by atoms with van der Waals surface area (Å²) in [7, 11) is 1.54. The number of nitrogens with two attached hydrogens (primary N) is 1. The van der Waals surface area contributed by atoms with Crippen molar-refractivity contribution in [2.24, 2.45) is 5.73 Å². The van der Waals surface area contributed by atoms with Gasteiger partial charge < -0.3 is 20.4 Å². The van der Waals surface area contributed by atoms with E-state index in [-0.39, 0.29) is 30.2 Å². The van der Waals surface area contributed by atoms with E-state index in [4.69, 9.17) is 10.2 Å². The molecule has 0 saturated carbocycles. The molecule has 0 radical (unpaired) electrons. The van der Waals surface area contributed by atoms with E-state index in [0.717, 1.165) is 5.56 Å². The topological polar surface area (TPSA) is 88.6 Å². The number of hydrogen-bond donors (Lipinski definition) is 2. The second-order valence-electron chi connectivity index (χ2n) is 5.09. The number of likely N-dealkylation sites (N-methyl/N-ethyl adjacent to an activating group) is 1. The van der Waals surface area contributed by atoms with Gasteiger partial charge in [-0.2, -0.15) is 0 Å². The average Bonchev–Trinajstić information content (AvgIpc) is 2.99. The number of benzene rings is 1. The number of amides is 2. The van der Waals surface area contributed by atoms with Crippen molar-refractivity contribution in [2.45, 2.75) is 6.04 Å². The largest absolute Gasteiger partial charge is 0.444 e. The Morgan fingerprint density at radius 3 is 2.57 bits per heavy atom. The van der Waals surface area contributed by atoms with Crippen molar-refractivity contribution in [2.75, 3.05) is 20.1 Å². The minimum Gasteiger partial charge on any atom is -0.444 e. The molecule has 2 rings (SSSR count). The number of carbonyl (C=O) groups is 2. The van der Waals surface area contributed by atoms with Crippen LogP contribution in [0.5, 0.6) is 0 Å². The number of halogens is 1. The average molecular weight is 380 g/mol. The lowest BCUT2D eigenvalue weighted by Gasteiger charge is -2.17. The van der Waals surface area contributed by atoms with Gasteiger partial charge in [0.15, 0.2) is 10.4 Å². The van der Waals surface area contributed by atoms with Crippen LogP contribution in [0.15, 0.2) is 51.6 Å². The van der Waals surface area contributed by atoms with Crippen LogP contribution in [0.2, 0.25) is 0 Å². The maximum Gasteiger partial charge on any atom is 0.289 e. The third kappa shape index (κ3) is 4.94. The fourth-order valence-electron chi connectivity index (χ4n) is 2.00. The summed E-state index contributed by atoms with van der Waals surface area (Å²) in [5, 5.41) is 2.73. The zero-order chi connectivity index (χ0) is 16.8. The molecule has 23 heavy (non-hydrogen) atoms. The van der Waals surface area contributed by atoms with Crippen LogP contribution in [-0.2, 0) is 4.79 Å². The quantitative estimate of drug-likeness (QED) is 0.802. The third-order valence-electron chi connectivity index (χ3n) is 3.26. The van der Waals surface area contributed by atoms with Gasteiger partial charge in [-0.05, 0) is 33.6 Å². The van der Waals surface area contributed by atoms with Crippen molar-refractivity contribution in [3.05, 3.63) is 58.5 Å². The zero-order valence-electron chi connectivity index (χ0n) is 12.7. The second kappa shape index (κ2) is 7.94. The smallest absolute Gasteiger partial charge is 0.289 e. The normalized spacial score (nSPS) is 11.8. The Morgan fingerprint density at radius 2 is 1.96 bits per heavy atom. The highest BCUT2D eigenvalue weighted by molar-refractivity contribution is 9.10. The summed E-state index contributed by atoms with van der Waals surface area (Å²) in [5.74, 6) is -0.468. The molecule has 0 aliphatic carbocycles. The molecule has 1 atom stereocenters. The first-order valence-electron chi connectivity index (χ1n) is 7.05. The number of furan rings is 1. The van der Waals surface area contributed by atoms with Crippen molar-refractivity contribution >= 4 is 27.7 Å². The highest BCUT2D eigenvalue weighted by atomic mass is 79.9. The van der Waals surface area contributed by atoms with Crippen LogP contribution in [0.3, 0.4) is 0 Å². The molecule has 0 fully saturated rings. The Bertz CT molecular complexity index is 672. The molecule has 2 aromatic rings. The molecule has 7 heteroatoms. The Balaban J connectivity index is 1.81.